The average Bonchev–Trinajstić information content (AvgIpc) is 2.58. The molecule has 0 aliphatic rings. The van der Waals surface area contributed by atoms with Crippen molar-refractivity contribution < 1.29 is 19.4 Å². The monoisotopic (exact) mass is 341 g/mol. The summed E-state index contributed by atoms with van der Waals surface area (Å²) in [6.07, 6.45) is 0.745. The van der Waals surface area contributed by atoms with E-state index >= 15 is 0 Å². The predicted octanol–water partition coefficient (Wildman–Crippen LogP) is 3.88. The molecule has 2 aromatic carbocycles. The Kier molecular flexibility index (Phi) is 6.71. The van der Waals surface area contributed by atoms with Crippen LogP contribution in [0.5, 0.6) is 0 Å². The zero-order chi connectivity index (χ0) is 18.2. The van der Waals surface area contributed by atoms with E-state index in [4.69, 9.17) is 4.74 Å². The van der Waals surface area contributed by atoms with Gasteiger partial charge in [-0.1, -0.05) is 30.3 Å². The number of ether oxygens (including phenoxy) is 1. The van der Waals surface area contributed by atoms with E-state index in [0.717, 1.165) is 5.56 Å². The first-order valence-electron chi connectivity index (χ1n) is 8.27. The van der Waals surface area contributed by atoms with Crippen molar-refractivity contribution in [3.05, 3.63) is 65.2 Å². The third-order valence-electron chi connectivity index (χ3n) is 3.66. The van der Waals surface area contributed by atoms with Gasteiger partial charge in [0.1, 0.15) is 0 Å². The number of hydrogen-bond acceptors (Lipinski definition) is 3. The number of aryl methyl sites for hydroxylation is 1. The average molecular weight is 341 g/mol. The second kappa shape index (κ2) is 8.99. The number of aromatic carboxylic acids is 1. The molecule has 1 amide bonds. The fraction of sp³-hybridized carbons (Fsp3) is 0.300. The molecule has 0 aliphatic carbocycles. The lowest BCUT2D eigenvalue weighted by molar-refractivity contribution is -0.116. The van der Waals surface area contributed by atoms with Crippen LogP contribution in [-0.2, 0) is 22.6 Å². The van der Waals surface area contributed by atoms with Gasteiger partial charge in [0.15, 0.2) is 0 Å². The lowest BCUT2D eigenvalue weighted by atomic mass is 10.0. The maximum atomic E-state index is 12.2. The molecule has 5 nitrogen and oxygen atoms in total. The van der Waals surface area contributed by atoms with E-state index in [1.807, 2.05) is 38.1 Å². The lowest BCUT2D eigenvalue weighted by Gasteiger charge is -2.10. The first kappa shape index (κ1) is 18.7. The lowest BCUT2D eigenvalue weighted by Crippen LogP contribution is -2.13. The number of hydrogen-bond donors (Lipinski definition) is 2. The maximum absolute atomic E-state index is 12.2. The fourth-order valence-electron chi connectivity index (χ4n) is 2.42. The third-order valence-corrected chi connectivity index (χ3v) is 3.66. The molecule has 0 aromatic heterocycles. The van der Waals surface area contributed by atoms with Crippen LogP contribution >= 0.6 is 0 Å². The summed E-state index contributed by atoms with van der Waals surface area (Å²) < 4.78 is 5.56. The Hall–Kier alpha value is -2.66. The zero-order valence-corrected chi connectivity index (χ0v) is 14.5. The van der Waals surface area contributed by atoms with Gasteiger partial charge in [-0.25, -0.2) is 4.79 Å². The number of benzene rings is 2. The maximum Gasteiger partial charge on any atom is 0.335 e. The smallest absolute Gasteiger partial charge is 0.335 e. The standard InChI is InChI=1S/C20H23NO4/c1-14(2)25-13-15-6-5-8-17(12-15)21-19(22)11-10-16-7-3-4-9-18(16)20(23)24/h3-9,12,14H,10-11,13H2,1-2H3,(H,21,22)(H,23,24). The van der Waals surface area contributed by atoms with Gasteiger partial charge in [0.05, 0.1) is 18.3 Å². The Morgan fingerprint density at radius 3 is 2.60 bits per heavy atom. The van der Waals surface area contributed by atoms with Gasteiger partial charge in [0.25, 0.3) is 0 Å². The van der Waals surface area contributed by atoms with E-state index in [1.54, 1.807) is 24.3 Å². The van der Waals surface area contributed by atoms with Crippen molar-refractivity contribution in [1.29, 1.82) is 0 Å². The highest BCUT2D eigenvalue weighted by molar-refractivity contribution is 5.92. The Balaban J connectivity index is 1.92. The second-order valence-corrected chi connectivity index (χ2v) is 6.07. The number of carbonyl (C=O) groups excluding carboxylic acids is 1. The molecule has 0 saturated carbocycles. The Morgan fingerprint density at radius 1 is 1.12 bits per heavy atom. The van der Waals surface area contributed by atoms with Crippen LogP contribution in [0.4, 0.5) is 5.69 Å². The first-order chi connectivity index (χ1) is 12.0. The Morgan fingerprint density at radius 2 is 1.88 bits per heavy atom. The Labute approximate surface area is 147 Å². The highest BCUT2D eigenvalue weighted by atomic mass is 16.5. The molecule has 0 fully saturated rings. The molecule has 0 radical (unpaired) electrons. The highest BCUT2D eigenvalue weighted by Crippen LogP contribution is 2.15. The molecule has 132 valence electrons. The summed E-state index contributed by atoms with van der Waals surface area (Å²) in [6, 6.07) is 14.3. The molecule has 2 N–H and O–H groups in total. The number of nitrogens with one attached hydrogen (secondary N) is 1. The van der Waals surface area contributed by atoms with Crippen LogP contribution < -0.4 is 5.32 Å². The van der Waals surface area contributed by atoms with Crippen LogP contribution in [0, 0.1) is 0 Å². The molecule has 2 rings (SSSR count). The predicted molar refractivity (Wildman–Crippen MR) is 96.7 cm³/mol. The fourth-order valence-corrected chi connectivity index (χ4v) is 2.42. The van der Waals surface area contributed by atoms with E-state index in [1.165, 1.54) is 0 Å². The minimum absolute atomic E-state index is 0.146. The molecule has 0 spiro atoms. The van der Waals surface area contributed by atoms with Gasteiger partial charge >= 0.3 is 5.97 Å². The van der Waals surface area contributed by atoms with Crippen LogP contribution in [-0.4, -0.2) is 23.1 Å². The number of carboxylic acids is 1. The van der Waals surface area contributed by atoms with Crippen LogP contribution in [0.3, 0.4) is 0 Å². The minimum atomic E-state index is -0.978. The van der Waals surface area contributed by atoms with Crippen molar-refractivity contribution in [1.82, 2.24) is 0 Å². The van der Waals surface area contributed by atoms with Crippen molar-refractivity contribution in [3.63, 3.8) is 0 Å². The van der Waals surface area contributed by atoms with Gasteiger partial charge in [-0.3, -0.25) is 4.79 Å². The number of carboxylic acid groups (broad SMARTS) is 1. The molecule has 5 heteroatoms. The van der Waals surface area contributed by atoms with Gasteiger partial charge in [-0.2, -0.15) is 0 Å². The van der Waals surface area contributed by atoms with E-state index in [9.17, 15) is 14.7 Å². The van der Waals surface area contributed by atoms with Gasteiger partial charge in [-0.15, -0.1) is 0 Å². The van der Waals surface area contributed by atoms with E-state index in [2.05, 4.69) is 5.32 Å². The van der Waals surface area contributed by atoms with E-state index < -0.39 is 5.97 Å². The number of carbonyl (C=O) groups is 2. The number of anilines is 1. The molecule has 0 bridgehead atoms. The van der Waals surface area contributed by atoms with Crippen LogP contribution in [0.2, 0.25) is 0 Å². The first-order valence-corrected chi connectivity index (χ1v) is 8.27. The quantitative estimate of drug-likeness (QED) is 0.764. The van der Waals surface area contributed by atoms with Crippen LogP contribution in [0.15, 0.2) is 48.5 Å². The second-order valence-electron chi connectivity index (χ2n) is 6.07. The summed E-state index contributed by atoms with van der Waals surface area (Å²) in [7, 11) is 0. The number of rotatable bonds is 8. The topological polar surface area (TPSA) is 75.6 Å². The van der Waals surface area contributed by atoms with Gasteiger partial charge in [0, 0.05) is 12.1 Å². The molecule has 0 saturated heterocycles. The molecule has 0 atom stereocenters. The molecule has 0 aliphatic heterocycles. The van der Waals surface area contributed by atoms with Crippen molar-refractivity contribution in [2.24, 2.45) is 0 Å². The summed E-state index contributed by atoms with van der Waals surface area (Å²) in [6.45, 7) is 4.44. The van der Waals surface area contributed by atoms with Gasteiger partial charge in [-0.05, 0) is 49.6 Å². The molecule has 25 heavy (non-hydrogen) atoms. The molecule has 0 unspecified atom stereocenters. The normalized spacial score (nSPS) is 10.7. The summed E-state index contributed by atoms with van der Waals surface area (Å²) in [4.78, 5) is 23.3. The van der Waals surface area contributed by atoms with Crippen LogP contribution in [0.1, 0.15) is 41.8 Å². The summed E-state index contributed by atoms with van der Waals surface area (Å²) in [5.74, 6) is -1.13. The van der Waals surface area contributed by atoms with Gasteiger partial charge in [0.2, 0.25) is 5.91 Å². The molecule has 2 aromatic rings. The zero-order valence-electron chi connectivity index (χ0n) is 14.5. The summed E-state index contributed by atoms with van der Waals surface area (Å²) >= 11 is 0. The van der Waals surface area contributed by atoms with Crippen molar-refractivity contribution >= 4 is 17.6 Å². The van der Waals surface area contributed by atoms with Gasteiger partial charge < -0.3 is 15.2 Å². The largest absolute Gasteiger partial charge is 0.478 e. The molecular weight excluding hydrogens is 318 g/mol. The highest BCUT2D eigenvalue weighted by Gasteiger charge is 2.11. The van der Waals surface area contributed by atoms with Crippen molar-refractivity contribution in [2.75, 3.05) is 5.32 Å². The Bertz CT molecular complexity index is 740. The van der Waals surface area contributed by atoms with E-state index in [-0.39, 0.29) is 24.0 Å². The number of amides is 1. The third kappa shape index (κ3) is 6.04. The van der Waals surface area contributed by atoms with Crippen molar-refractivity contribution in [3.8, 4) is 0 Å². The summed E-state index contributed by atoms with van der Waals surface area (Å²) in [5.41, 5.74) is 2.59. The van der Waals surface area contributed by atoms with Crippen molar-refractivity contribution in [2.45, 2.75) is 39.4 Å². The van der Waals surface area contributed by atoms with Crippen LogP contribution in [0.25, 0.3) is 0 Å². The molecular formula is C20H23NO4. The SMILES string of the molecule is CC(C)OCc1cccc(NC(=O)CCc2ccccc2C(=O)O)c1. The molecule has 0 heterocycles. The summed E-state index contributed by atoms with van der Waals surface area (Å²) in [5, 5.41) is 12.0. The minimum Gasteiger partial charge on any atom is -0.478 e. The van der Waals surface area contributed by atoms with E-state index in [0.29, 0.717) is 24.3 Å².